The van der Waals surface area contributed by atoms with E-state index < -0.39 is 12.1 Å². The van der Waals surface area contributed by atoms with Crippen molar-refractivity contribution in [1.29, 1.82) is 0 Å². The van der Waals surface area contributed by atoms with Crippen molar-refractivity contribution in [3.63, 3.8) is 0 Å². The molecule has 0 spiro atoms. The predicted octanol–water partition coefficient (Wildman–Crippen LogP) is 4.13. The number of carbonyl (C=O) groups is 1. The van der Waals surface area contributed by atoms with E-state index in [1.54, 1.807) is 0 Å². The quantitative estimate of drug-likeness (QED) is 0.441. The van der Waals surface area contributed by atoms with E-state index >= 15 is 0 Å². The van der Waals surface area contributed by atoms with Gasteiger partial charge in [-0.1, -0.05) is 49.1 Å². The average Bonchev–Trinajstić information content (AvgIpc) is 2.97. The standard InChI is InChI=1S/C19H15IN2O3S/c1-2-3-9-14-16(20)15-17(21-11-22-18(15)26-14)25-13(19(23)24)10-12-7-5-4-6-8-12/h4-8,11,13H,2,10H2,1H3,(H,23,24). The summed E-state index contributed by atoms with van der Waals surface area (Å²) in [4.78, 5) is 21.8. The molecule has 0 aliphatic rings. The highest BCUT2D eigenvalue weighted by molar-refractivity contribution is 14.1. The lowest BCUT2D eigenvalue weighted by Crippen LogP contribution is -2.29. The van der Waals surface area contributed by atoms with Gasteiger partial charge in [-0.25, -0.2) is 14.8 Å². The highest BCUT2D eigenvalue weighted by Crippen LogP contribution is 2.36. The summed E-state index contributed by atoms with van der Waals surface area (Å²) in [7, 11) is 0. The maximum atomic E-state index is 11.7. The smallest absolute Gasteiger partial charge is 0.345 e. The van der Waals surface area contributed by atoms with Gasteiger partial charge in [0.2, 0.25) is 12.0 Å². The van der Waals surface area contributed by atoms with Crippen molar-refractivity contribution in [2.45, 2.75) is 25.9 Å². The molecule has 1 N–H and O–H groups in total. The first-order valence-corrected chi connectivity index (χ1v) is 9.85. The molecule has 5 nitrogen and oxygen atoms in total. The van der Waals surface area contributed by atoms with Crippen molar-refractivity contribution in [3.05, 3.63) is 50.7 Å². The van der Waals surface area contributed by atoms with Gasteiger partial charge in [0.25, 0.3) is 0 Å². The molecule has 1 unspecified atom stereocenters. The molecular formula is C19H15IN2O3S. The number of nitrogens with zero attached hydrogens (tertiary/aromatic N) is 2. The molecule has 0 aliphatic carbocycles. The second kappa shape index (κ2) is 8.47. The molecule has 1 atom stereocenters. The van der Waals surface area contributed by atoms with Gasteiger partial charge in [0, 0.05) is 12.8 Å². The number of aliphatic carboxylic acids is 1. The fourth-order valence-corrected chi connectivity index (χ4v) is 4.39. The molecule has 7 heteroatoms. The Morgan fingerprint density at radius 3 is 2.81 bits per heavy atom. The van der Waals surface area contributed by atoms with Gasteiger partial charge >= 0.3 is 5.97 Å². The Morgan fingerprint density at radius 2 is 2.12 bits per heavy atom. The van der Waals surface area contributed by atoms with E-state index in [0.29, 0.717) is 0 Å². The molecule has 0 saturated heterocycles. The fraction of sp³-hybridized carbons (Fsp3) is 0.211. The van der Waals surface area contributed by atoms with E-state index in [2.05, 4.69) is 44.4 Å². The molecule has 0 radical (unpaired) electrons. The number of fused-ring (bicyclic) bond motifs is 1. The van der Waals surface area contributed by atoms with Gasteiger partial charge < -0.3 is 9.84 Å². The number of aromatic nitrogens is 2. The number of thiophene rings is 1. The lowest BCUT2D eigenvalue weighted by atomic mass is 10.1. The summed E-state index contributed by atoms with van der Waals surface area (Å²) in [5.74, 6) is 5.42. The average molecular weight is 478 g/mol. The lowest BCUT2D eigenvalue weighted by molar-refractivity contribution is -0.145. The number of halogens is 1. The third-order valence-electron chi connectivity index (χ3n) is 3.57. The number of carboxylic acids is 1. The zero-order chi connectivity index (χ0) is 18.5. The van der Waals surface area contributed by atoms with E-state index in [4.69, 9.17) is 4.74 Å². The molecule has 1 aromatic carbocycles. The molecule has 26 heavy (non-hydrogen) atoms. The number of ether oxygens (including phenoxy) is 1. The van der Waals surface area contributed by atoms with Gasteiger partial charge in [-0.15, -0.1) is 11.3 Å². The van der Waals surface area contributed by atoms with Gasteiger partial charge in [-0.3, -0.25) is 0 Å². The highest BCUT2D eigenvalue weighted by Gasteiger charge is 2.24. The Bertz CT molecular complexity index is 992. The molecule has 0 aliphatic heterocycles. The Hall–Kier alpha value is -2.18. The van der Waals surface area contributed by atoms with Crippen molar-refractivity contribution < 1.29 is 14.6 Å². The molecule has 2 heterocycles. The number of hydrogen-bond acceptors (Lipinski definition) is 5. The SMILES string of the molecule is CCC#Cc1sc2ncnc(OC(Cc3ccccc3)C(=O)O)c2c1I. The van der Waals surface area contributed by atoms with Crippen LogP contribution in [0.2, 0.25) is 0 Å². The van der Waals surface area contributed by atoms with Crippen LogP contribution in [0.25, 0.3) is 10.2 Å². The van der Waals surface area contributed by atoms with Crippen LogP contribution in [0.15, 0.2) is 36.7 Å². The molecular weight excluding hydrogens is 463 g/mol. The molecule has 0 bridgehead atoms. The maximum Gasteiger partial charge on any atom is 0.345 e. The van der Waals surface area contributed by atoms with Crippen molar-refractivity contribution in [2.75, 3.05) is 0 Å². The van der Waals surface area contributed by atoms with E-state index in [1.807, 2.05) is 37.3 Å². The third kappa shape index (κ3) is 4.14. The normalized spacial score (nSPS) is 11.6. The van der Waals surface area contributed by atoms with E-state index in [0.717, 1.165) is 30.6 Å². The zero-order valence-electron chi connectivity index (χ0n) is 13.9. The first kappa shape index (κ1) is 18.6. The van der Waals surface area contributed by atoms with Gasteiger partial charge in [0.15, 0.2) is 0 Å². The number of benzene rings is 1. The molecule has 132 valence electrons. The Balaban J connectivity index is 1.95. The van der Waals surface area contributed by atoms with Crippen molar-refractivity contribution in [1.82, 2.24) is 9.97 Å². The fourth-order valence-electron chi connectivity index (χ4n) is 2.36. The summed E-state index contributed by atoms with van der Waals surface area (Å²) in [6.07, 6.45) is 1.38. The van der Waals surface area contributed by atoms with Crippen LogP contribution in [0.3, 0.4) is 0 Å². The molecule has 3 rings (SSSR count). The molecule has 0 saturated carbocycles. The van der Waals surface area contributed by atoms with Gasteiger partial charge in [0.1, 0.15) is 11.2 Å². The second-order valence-corrected chi connectivity index (χ2v) is 7.47. The molecule has 0 fully saturated rings. The van der Waals surface area contributed by atoms with Gasteiger partial charge in [-0.2, -0.15) is 0 Å². The van der Waals surface area contributed by atoms with Crippen LogP contribution >= 0.6 is 33.9 Å². The van der Waals surface area contributed by atoms with Crippen LogP contribution in [0.4, 0.5) is 0 Å². The number of rotatable bonds is 5. The summed E-state index contributed by atoms with van der Waals surface area (Å²) < 4.78 is 6.69. The Morgan fingerprint density at radius 1 is 1.35 bits per heavy atom. The molecule has 0 amide bonds. The monoisotopic (exact) mass is 478 g/mol. The van der Waals surface area contributed by atoms with E-state index in [-0.39, 0.29) is 12.3 Å². The van der Waals surface area contributed by atoms with E-state index in [9.17, 15) is 9.90 Å². The largest absolute Gasteiger partial charge is 0.478 e. The minimum Gasteiger partial charge on any atom is -0.478 e. The lowest BCUT2D eigenvalue weighted by Gasteiger charge is -2.15. The minimum atomic E-state index is -1.03. The van der Waals surface area contributed by atoms with Crippen LogP contribution in [-0.2, 0) is 11.2 Å². The first-order chi connectivity index (χ1) is 12.6. The van der Waals surface area contributed by atoms with Gasteiger partial charge in [0.05, 0.1) is 13.8 Å². The summed E-state index contributed by atoms with van der Waals surface area (Å²) >= 11 is 3.65. The maximum absolute atomic E-state index is 11.7. The van der Waals surface area contributed by atoms with Crippen LogP contribution in [0.5, 0.6) is 5.88 Å². The van der Waals surface area contributed by atoms with Crippen LogP contribution in [0.1, 0.15) is 23.8 Å². The van der Waals surface area contributed by atoms with Crippen LogP contribution in [-0.4, -0.2) is 27.1 Å². The minimum absolute atomic E-state index is 0.255. The second-order valence-electron chi connectivity index (χ2n) is 5.39. The summed E-state index contributed by atoms with van der Waals surface area (Å²) in [5.41, 5.74) is 0.889. The van der Waals surface area contributed by atoms with Crippen LogP contribution in [0, 0.1) is 15.4 Å². The Kier molecular flexibility index (Phi) is 6.06. The molecule has 3 aromatic rings. The molecule has 2 aromatic heterocycles. The number of carboxylic acid groups (broad SMARTS) is 1. The van der Waals surface area contributed by atoms with Gasteiger partial charge in [-0.05, 0) is 28.2 Å². The van der Waals surface area contributed by atoms with Crippen molar-refractivity contribution in [2.24, 2.45) is 0 Å². The third-order valence-corrected chi connectivity index (χ3v) is 6.03. The Labute approximate surface area is 168 Å². The summed E-state index contributed by atoms with van der Waals surface area (Å²) in [5, 5.41) is 10.3. The summed E-state index contributed by atoms with van der Waals surface area (Å²) in [6, 6.07) is 9.39. The highest BCUT2D eigenvalue weighted by atomic mass is 127. The van der Waals surface area contributed by atoms with Crippen LogP contribution < -0.4 is 4.74 Å². The van der Waals surface area contributed by atoms with Crippen molar-refractivity contribution >= 4 is 50.1 Å². The summed E-state index contributed by atoms with van der Waals surface area (Å²) in [6.45, 7) is 1.99. The van der Waals surface area contributed by atoms with E-state index in [1.165, 1.54) is 17.7 Å². The zero-order valence-corrected chi connectivity index (χ0v) is 16.9. The first-order valence-electron chi connectivity index (χ1n) is 7.95. The number of hydrogen-bond donors (Lipinski definition) is 1. The topological polar surface area (TPSA) is 72.3 Å². The van der Waals surface area contributed by atoms with Crippen molar-refractivity contribution in [3.8, 4) is 17.7 Å². The predicted molar refractivity (Wildman–Crippen MR) is 109 cm³/mol.